The van der Waals surface area contributed by atoms with E-state index < -0.39 is 5.91 Å². The van der Waals surface area contributed by atoms with Gasteiger partial charge in [0.05, 0.1) is 17.0 Å². The number of carbonyl (C=O) groups is 2. The van der Waals surface area contributed by atoms with Gasteiger partial charge >= 0.3 is 0 Å². The Morgan fingerprint density at radius 3 is 2.68 bits per heavy atom. The lowest BCUT2D eigenvalue weighted by Crippen LogP contribution is -2.23. The van der Waals surface area contributed by atoms with Crippen LogP contribution in [-0.2, 0) is 16.1 Å². The van der Waals surface area contributed by atoms with Crippen LogP contribution in [0.25, 0.3) is 5.70 Å². The van der Waals surface area contributed by atoms with Crippen LogP contribution in [0.1, 0.15) is 11.3 Å². The van der Waals surface area contributed by atoms with Gasteiger partial charge in [-0.2, -0.15) is 0 Å². The Labute approximate surface area is 145 Å². The summed E-state index contributed by atoms with van der Waals surface area (Å²) in [5.41, 5.74) is 8.02. The molecule has 6 N–H and O–H groups in total. The third kappa shape index (κ3) is 4.68. The zero-order valence-corrected chi connectivity index (χ0v) is 13.5. The number of aromatic nitrogens is 1. The summed E-state index contributed by atoms with van der Waals surface area (Å²) in [4.78, 5) is 26.0. The van der Waals surface area contributed by atoms with Crippen molar-refractivity contribution < 1.29 is 9.59 Å². The molecule has 7 nitrogen and oxygen atoms in total. The summed E-state index contributed by atoms with van der Waals surface area (Å²) < 4.78 is 0. The number of carbonyl (C=O) groups excluding carboxylic acids is 2. The molecule has 1 aromatic heterocycles. The van der Waals surface area contributed by atoms with E-state index in [2.05, 4.69) is 22.2 Å². The average molecular weight is 337 g/mol. The molecule has 0 aliphatic heterocycles. The summed E-state index contributed by atoms with van der Waals surface area (Å²) in [6.07, 6.45) is 3.83. The first kappa shape index (κ1) is 17.7. The third-order valence-electron chi connectivity index (χ3n) is 3.40. The standard InChI is InChI=1S/C18H19N5O2/c1-2-16(24)23-13-6-3-5-12(9-13)11-22-17(14(10-19)18(20)25)15-7-4-8-21-15/h2-10,19,21-22H,1,11H2,(H2,20,25)(H,23,24)/b17-14-,19-10?. The fourth-order valence-electron chi connectivity index (χ4n) is 2.23. The second-order valence-corrected chi connectivity index (χ2v) is 5.13. The first-order valence-electron chi connectivity index (χ1n) is 7.49. The van der Waals surface area contributed by atoms with Gasteiger partial charge in [0, 0.05) is 24.6 Å². The molecular weight excluding hydrogens is 318 g/mol. The van der Waals surface area contributed by atoms with Crippen molar-refractivity contribution in [2.24, 2.45) is 5.73 Å². The van der Waals surface area contributed by atoms with Gasteiger partial charge < -0.3 is 26.8 Å². The van der Waals surface area contributed by atoms with E-state index >= 15 is 0 Å². The lowest BCUT2D eigenvalue weighted by molar-refractivity contribution is -0.114. The van der Waals surface area contributed by atoms with Gasteiger partial charge in [0.15, 0.2) is 0 Å². The van der Waals surface area contributed by atoms with E-state index in [-0.39, 0.29) is 11.5 Å². The number of nitrogens with one attached hydrogen (secondary N) is 4. The van der Waals surface area contributed by atoms with Crippen molar-refractivity contribution in [1.29, 1.82) is 5.41 Å². The van der Waals surface area contributed by atoms with Gasteiger partial charge in [-0.1, -0.05) is 18.7 Å². The van der Waals surface area contributed by atoms with Crippen LogP contribution in [0.3, 0.4) is 0 Å². The van der Waals surface area contributed by atoms with Crippen LogP contribution in [-0.4, -0.2) is 23.0 Å². The first-order chi connectivity index (χ1) is 12.0. The molecule has 0 aliphatic rings. The van der Waals surface area contributed by atoms with Crippen LogP contribution in [0, 0.1) is 5.41 Å². The molecule has 0 radical (unpaired) electrons. The summed E-state index contributed by atoms with van der Waals surface area (Å²) >= 11 is 0. The number of nitrogens with two attached hydrogens (primary N) is 1. The molecule has 0 saturated carbocycles. The Kier molecular flexibility index (Phi) is 5.89. The van der Waals surface area contributed by atoms with Crippen molar-refractivity contribution in [2.75, 3.05) is 5.32 Å². The minimum Gasteiger partial charge on any atom is -0.379 e. The summed E-state index contributed by atoms with van der Waals surface area (Å²) in [5, 5.41) is 13.3. The minimum atomic E-state index is -0.695. The predicted octanol–water partition coefficient (Wildman–Crippen LogP) is 1.77. The fourth-order valence-corrected chi connectivity index (χ4v) is 2.23. The van der Waals surface area contributed by atoms with Gasteiger partial charge in [-0.05, 0) is 35.9 Å². The van der Waals surface area contributed by atoms with Crippen molar-refractivity contribution in [2.45, 2.75) is 6.54 Å². The molecule has 0 spiro atoms. The highest BCUT2D eigenvalue weighted by atomic mass is 16.1. The van der Waals surface area contributed by atoms with Crippen molar-refractivity contribution in [1.82, 2.24) is 10.3 Å². The number of hydrogen-bond acceptors (Lipinski definition) is 4. The van der Waals surface area contributed by atoms with Gasteiger partial charge in [-0.25, -0.2) is 0 Å². The van der Waals surface area contributed by atoms with Crippen LogP contribution in [0.15, 0.2) is 60.8 Å². The Morgan fingerprint density at radius 1 is 1.28 bits per heavy atom. The smallest absolute Gasteiger partial charge is 0.252 e. The summed E-state index contributed by atoms with van der Waals surface area (Å²) in [6, 6.07) is 10.8. The molecule has 1 heterocycles. The average Bonchev–Trinajstić information content (AvgIpc) is 3.12. The Morgan fingerprint density at radius 2 is 2.08 bits per heavy atom. The molecule has 25 heavy (non-hydrogen) atoms. The second-order valence-electron chi connectivity index (χ2n) is 5.13. The topological polar surface area (TPSA) is 124 Å². The number of amides is 2. The normalized spacial score (nSPS) is 11.2. The van der Waals surface area contributed by atoms with E-state index in [1.54, 1.807) is 36.5 Å². The van der Waals surface area contributed by atoms with Crippen LogP contribution in [0.5, 0.6) is 0 Å². The Hall–Kier alpha value is -3.61. The molecule has 0 aliphatic carbocycles. The molecule has 0 atom stereocenters. The number of benzene rings is 1. The maximum absolute atomic E-state index is 11.6. The molecule has 0 bridgehead atoms. The number of anilines is 1. The van der Waals surface area contributed by atoms with Gasteiger partial charge in [0.25, 0.3) is 5.91 Å². The number of H-pyrrole nitrogens is 1. The molecule has 0 fully saturated rings. The van der Waals surface area contributed by atoms with Crippen molar-refractivity contribution in [3.63, 3.8) is 0 Å². The highest BCUT2D eigenvalue weighted by Crippen LogP contribution is 2.16. The van der Waals surface area contributed by atoms with Crippen molar-refractivity contribution in [3.05, 3.63) is 72.1 Å². The maximum atomic E-state index is 11.6. The van der Waals surface area contributed by atoms with Crippen LogP contribution in [0.2, 0.25) is 0 Å². The van der Waals surface area contributed by atoms with Crippen molar-refractivity contribution in [3.8, 4) is 0 Å². The lowest BCUT2D eigenvalue weighted by Gasteiger charge is -2.13. The van der Waals surface area contributed by atoms with Crippen LogP contribution < -0.4 is 16.4 Å². The second kappa shape index (κ2) is 8.30. The summed E-state index contributed by atoms with van der Waals surface area (Å²) in [7, 11) is 0. The monoisotopic (exact) mass is 337 g/mol. The summed E-state index contributed by atoms with van der Waals surface area (Å²) in [5.74, 6) is -0.990. The Balaban J connectivity index is 2.23. The number of aromatic amines is 1. The summed E-state index contributed by atoms with van der Waals surface area (Å²) in [6.45, 7) is 3.79. The van der Waals surface area contributed by atoms with E-state index in [1.807, 2.05) is 6.07 Å². The van der Waals surface area contributed by atoms with Gasteiger partial charge in [0.2, 0.25) is 5.91 Å². The fraction of sp³-hybridized carbons (Fsp3) is 0.0556. The number of primary amides is 1. The molecule has 1 aromatic carbocycles. The van der Waals surface area contributed by atoms with Gasteiger partial charge in [0.1, 0.15) is 0 Å². The van der Waals surface area contributed by atoms with Crippen molar-refractivity contribution >= 4 is 29.4 Å². The van der Waals surface area contributed by atoms with E-state index in [0.29, 0.717) is 23.6 Å². The van der Waals surface area contributed by atoms with E-state index in [9.17, 15) is 9.59 Å². The van der Waals surface area contributed by atoms with E-state index in [4.69, 9.17) is 11.1 Å². The van der Waals surface area contributed by atoms with Crippen LogP contribution >= 0.6 is 0 Å². The SMILES string of the molecule is C=CC(=O)Nc1cccc(CN/C(=C(/C=N)C(N)=O)c2ccc[nH]2)c1. The quantitative estimate of drug-likeness (QED) is 0.372. The third-order valence-corrected chi connectivity index (χ3v) is 3.40. The minimum absolute atomic E-state index is 0.0681. The molecule has 7 heteroatoms. The van der Waals surface area contributed by atoms with Gasteiger partial charge in [-0.3, -0.25) is 9.59 Å². The highest BCUT2D eigenvalue weighted by molar-refractivity contribution is 6.16. The lowest BCUT2D eigenvalue weighted by atomic mass is 10.1. The van der Waals surface area contributed by atoms with E-state index in [1.165, 1.54) is 6.08 Å². The molecule has 2 rings (SSSR count). The zero-order chi connectivity index (χ0) is 18.2. The molecule has 128 valence electrons. The number of hydrogen-bond donors (Lipinski definition) is 5. The number of rotatable bonds is 8. The Bertz CT molecular complexity index is 822. The molecule has 2 amide bonds. The molecule has 2 aromatic rings. The maximum Gasteiger partial charge on any atom is 0.252 e. The predicted molar refractivity (Wildman–Crippen MR) is 97.8 cm³/mol. The highest BCUT2D eigenvalue weighted by Gasteiger charge is 2.13. The zero-order valence-electron chi connectivity index (χ0n) is 13.5. The molecule has 0 unspecified atom stereocenters. The molecule has 0 saturated heterocycles. The van der Waals surface area contributed by atoms with Gasteiger partial charge in [-0.15, -0.1) is 0 Å². The first-order valence-corrected chi connectivity index (χ1v) is 7.49. The van der Waals surface area contributed by atoms with Crippen LogP contribution in [0.4, 0.5) is 5.69 Å². The van der Waals surface area contributed by atoms with E-state index in [0.717, 1.165) is 11.8 Å². The largest absolute Gasteiger partial charge is 0.379 e. The molecular formula is C18H19N5O2.